The Morgan fingerprint density at radius 2 is 1.75 bits per heavy atom. The van der Waals surface area contributed by atoms with Gasteiger partial charge in [0, 0.05) is 31.6 Å². The molecular weight excluding hydrogens is 464 g/mol. The molecule has 2 aliphatic heterocycles. The van der Waals surface area contributed by atoms with Crippen LogP contribution in [0.3, 0.4) is 0 Å². The Kier molecular flexibility index (Phi) is 8.27. The minimum Gasteiger partial charge on any atom is -0.492 e. The lowest BCUT2D eigenvalue weighted by Crippen LogP contribution is -2.38. The van der Waals surface area contributed by atoms with E-state index in [0.29, 0.717) is 63.1 Å². The average Bonchev–Trinajstić information content (AvgIpc) is 3.14. The molecule has 4 rings (SSSR count). The van der Waals surface area contributed by atoms with Gasteiger partial charge in [-0.05, 0) is 19.4 Å². The number of hydrogen-bond donors (Lipinski definition) is 2. The molecule has 2 fully saturated rings. The van der Waals surface area contributed by atoms with Crippen molar-refractivity contribution in [2.24, 2.45) is 0 Å². The Balaban J connectivity index is 1.48. The van der Waals surface area contributed by atoms with Crippen LogP contribution < -0.4 is 25.0 Å². The first-order chi connectivity index (χ1) is 17.5. The molecule has 10 heteroatoms. The fourth-order valence-electron chi connectivity index (χ4n) is 4.29. The van der Waals surface area contributed by atoms with Gasteiger partial charge in [-0.1, -0.05) is 30.3 Å². The zero-order chi connectivity index (χ0) is 25.5. The molecule has 192 valence electrons. The Labute approximate surface area is 210 Å². The summed E-state index contributed by atoms with van der Waals surface area (Å²) >= 11 is 0. The summed E-state index contributed by atoms with van der Waals surface area (Å²) in [6.07, 6.45) is 0.360. The molecule has 0 radical (unpaired) electrons. The van der Waals surface area contributed by atoms with Crippen LogP contribution in [0.4, 0.5) is 16.2 Å². The summed E-state index contributed by atoms with van der Waals surface area (Å²) < 4.78 is 17.1. The van der Waals surface area contributed by atoms with Gasteiger partial charge in [0.05, 0.1) is 37.8 Å². The number of hydrogen-bond acceptors (Lipinski definition) is 7. The minimum absolute atomic E-state index is 0.360. The Morgan fingerprint density at radius 1 is 1.06 bits per heavy atom. The van der Waals surface area contributed by atoms with Crippen molar-refractivity contribution in [3.05, 3.63) is 48.0 Å². The van der Waals surface area contributed by atoms with E-state index in [4.69, 9.17) is 14.2 Å². The number of nitrogens with one attached hydrogen (secondary N) is 2. The molecule has 0 unspecified atom stereocenters. The van der Waals surface area contributed by atoms with E-state index in [1.165, 1.54) is 0 Å². The topological polar surface area (TPSA) is 109 Å². The first-order valence-electron chi connectivity index (χ1n) is 12.2. The Morgan fingerprint density at radius 3 is 2.44 bits per heavy atom. The van der Waals surface area contributed by atoms with Gasteiger partial charge in [-0.2, -0.15) is 0 Å². The number of nitrogens with zero attached hydrogens (tertiary/aromatic N) is 2. The van der Waals surface area contributed by atoms with E-state index < -0.39 is 30.4 Å². The molecule has 4 amide bonds. The molecule has 2 heterocycles. The van der Waals surface area contributed by atoms with E-state index in [0.717, 1.165) is 16.2 Å². The van der Waals surface area contributed by atoms with Crippen molar-refractivity contribution in [1.29, 1.82) is 0 Å². The number of urea groups is 1. The Bertz CT molecular complexity index is 1090. The van der Waals surface area contributed by atoms with E-state index >= 15 is 0 Å². The van der Waals surface area contributed by atoms with Crippen molar-refractivity contribution < 1.29 is 28.6 Å². The molecule has 1 atom stereocenters. The molecule has 36 heavy (non-hydrogen) atoms. The molecule has 0 saturated carbocycles. The molecule has 2 N–H and O–H groups in total. The molecule has 2 aliphatic rings. The van der Waals surface area contributed by atoms with Crippen LogP contribution in [-0.4, -0.2) is 74.8 Å². The largest absolute Gasteiger partial charge is 0.492 e. The predicted molar refractivity (Wildman–Crippen MR) is 135 cm³/mol. The number of ether oxygens (including phenoxy) is 3. The van der Waals surface area contributed by atoms with E-state index in [-0.39, 0.29) is 0 Å². The number of carbonyl (C=O) groups excluding carboxylic acids is 3. The fourth-order valence-corrected chi connectivity index (χ4v) is 4.29. The molecule has 0 aliphatic carbocycles. The van der Waals surface area contributed by atoms with Gasteiger partial charge in [-0.25, -0.2) is 4.79 Å². The van der Waals surface area contributed by atoms with Gasteiger partial charge < -0.3 is 29.7 Å². The van der Waals surface area contributed by atoms with E-state index in [2.05, 4.69) is 15.5 Å². The maximum Gasteiger partial charge on any atom is 0.325 e. The summed E-state index contributed by atoms with van der Waals surface area (Å²) in [6, 6.07) is 11.7. The van der Waals surface area contributed by atoms with Crippen molar-refractivity contribution in [3.63, 3.8) is 0 Å². The zero-order valence-electron chi connectivity index (χ0n) is 20.6. The lowest BCUT2D eigenvalue weighted by atomic mass is 10.1. The Hall–Kier alpha value is -3.79. The first-order valence-corrected chi connectivity index (χ1v) is 12.2. The number of imide groups is 1. The molecule has 2 aromatic rings. The lowest BCUT2D eigenvalue weighted by molar-refractivity contribution is -0.130. The van der Waals surface area contributed by atoms with Crippen molar-refractivity contribution in [1.82, 2.24) is 10.2 Å². The average molecular weight is 497 g/mol. The second-order valence-electron chi connectivity index (χ2n) is 8.45. The van der Waals surface area contributed by atoms with Gasteiger partial charge in [-0.15, -0.1) is 0 Å². The van der Waals surface area contributed by atoms with Crippen molar-refractivity contribution in [3.8, 4) is 11.5 Å². The highest BCUT2D eigenvalue weighted by molar-refractivity contribution is 6.08. The van der Waals surface area contributed by atoms with Crippen LogP contribution >= 0.6 is 0 Å². The second kappa shape index (κ2) is 11.8. The summed E-state index contributed by atoms with van der Waals surface area (Å²) in [5.41, 5.74) is 2.20. The van der Waals surface area contributed by atoms with E-state index in [9.17, 15) is 14.4 Å². The monoisotopic (exact) mass is 496 g/mol. The van der Waals surface area contributed by atoms with Crippen molar-refractivity contribution in [2.45, 2.75) is 26.3 Å². The van der Waals surface area contributed by atoms with E-state index in [1.54, 1.807) is 6.07 Å². The minimum atomic E-state index is -0.705. The number of rotatable bonds is 10. The molecule has 2 aromatic carbocycles. The van der Waals surface area contributed by atoms with E-state index in [1.807, 2.05) is 50.2 Å². The number of carbonyl (C=O) groups is 3. The van der Waals surface area contributed by atoms with Crippen LogP contribution in [0, 0.1) is 0 Å². The summed E-state index contributed by atoms with van der Waals surface area (Å²) in [5, 5.41) is 5.47. The maximum absolute atomic E-state index is 12.9. The summed E-state index contributed by atoms with van der Waals surface area (Å²) in [5.74, 6) is 0.147. The quantitative estimate of drug-likeness (QED) is 0.486. The molecule has 0 spiro atoms. The van der Waals surface area contributed by atoms with Crippen LogP contribution in [0.2, 0.25) is 0 Å². The standard InChI is InChI=1S/C26H32N4O6/c1-3-35-22-16-21(29-10-12-34-13-11-29)23(36-4-2)15-19(22)27-24(31)17-30-25(32)20(28-26(30)33)14-18-8-6-5-7-9-18/h5-9,15-16,20H,3-4,10-14,17H2,1-2H3,(H,27,31)(H,28,33)/t20-/m1/s1. The number of morpholine rings is 1. The number of amides is 4. The normalized spacial score (nSPS) is 17.7. The van der Waals surface area contributed by atoms with Gasteiger partial charge in [0.1, 0.15) is 24.1 Å². The van der Waals surface area contributed by atoms with Gasteiger partial charge >= 0.3 is 6.03 Å². The number of anilines is 2. The summed E-state index contributed by atoms with van der Waals surface area (Å²) in [6.45, 7) is 6.85. The highest BCUT2D eigenvalue weighted by Gasteiger charge is 2.39. The van der Waals surface area contributed by atoms with Gasteiger partial charge in [0.2, 0.25) is 5.91 Å². The van der Waals surface area contributed by atoms with Crippen LogP contribution in [0.15, 0.2) is 42.5 Å². The van der Waals surface area contributed by atoms with Crippen molar-refractivity contribution in [2.75, 3.05) is 56.3 Å². The van der Waals surface area contributed by atoms with Gasteiger partial charge in [0.25, 0.3) is 5.91 Å². The summed E-state index contributed by atoms with van der Waals surface area (Å²) in [4.78, 5) is 41.3. The maximum atomic E-state index is 12.9. The molecule has 0 aromatic heterocycles. The van der Waals surface area contributed by atoms with Crippen LogP contribution in [0.1, 0.15) is 19.4 Å². The lowest BCUT2D eigenvalue weighted by Gasteiger charge is -2.31. The SMILES string of the molecule is CCOc1cc(N2CCOCC2)c(OCC)cc1NC(=O)CN1C(=O)N[C@H](Cc2ccccc2)C1=O. The van der Waals surface area contributed by atoms with Crippen LogP contribution in [-0.2, 0) is 20.7 Å². The third-order valence-electron chi connectivity index (χ3n) is 5.98. The highest BCUT2D eigenvalue weighted by Crippen LogP contribution is 2.39. The zero-order valence-corrected chi connectivity index (χ0v) is 20.6. The van der Waals surface area contributed by atoms with Crippen LogP contribution in [0.5, 0.6) is 11.5 Å². The van der Waals surface area contributed by atoms with Crippen molar-refractivity contribution >= 4 is 29.2 Å². The molecular formula is C26H32N4O6. The third kappa shape index (κ3) is 5.88. The highest BCUT2D eigenvalue weighted by atomic mass is 16.5. The second-order valence-corrected chi connectivity index (χ2v) is 8.45. The smallest absolute Gasteiger partial charge is 0.325 e. The van der Waals surface area contributed by atoms with Crippen LogP contribution in [0.25, 0.3) is 0 Å². The summed E-state index contributed by atoms with van der Waals surface area (Å²) in [7, 11) is 0. The van der Waals surface area contributed by atoms with Gasteiger partial charge in [0.15, 0.2) is 0 Å². The molecule has 0 bridgehead atoms. The molecule has 10 nitrogen and oxygen atoms in total. The number of benzene rings is 2. The van der Waals surface area contributed by atoms with Gasteiger partial charge in [-0.3, -0.25) is 14.5 Å². The third-order valence-corrected chi connectivity index (χ3v) is 5.98. The predicted octanol–water partition coefficient (Wildman–Crippen LogP) is 2.42. The fraction of sp³-hybridized carbons (Fsp3) is 0.423. The first kappa shape index (κ1) is 25.3. The molecule has 2 saturated heterocycles.